The zero-order valence-electron chi connectivity index (χ0n) is 17.9. The first-order chi connectivity index (χ1) is 14.8. The quantitative estimate of drug-likeness (QED) is 0.586. The van der Waals surface area contributed by atoms with Gasteiger partial charge in [-0.1, -0.05) is 37.3 Å². The van der Waals surface area contributed by atoms with Crippen molar-refractivity contribution < 1.29 is 19.5 Å². The number of likely N-dealkylation sites (N-methyl/N-ethyl adjacent to an activating group) is 1. The molecule has 1 heterocycles. The van der Waals surface area contributed by atoms with E-state index >= 15 is 0 Å². The van der Waals surface area contributed by atoms with Gasteiger partial charge < -0.3 is 20.6 Å². The molecule has 0 saturated heterocycles. The molecule has 2 aromatic carbocycles. The third kappa shape index (κ3) is 4.76. The van der Waals surface area contributed by atoms with Crippen molar-refractivity contribution >= 4 is 34.8 Å². The summed E-state index contributed by atoms with van der Waals surface area (Å²) in [6.45, 7) is 3.70. The van der Waals surface area contributed by atoms with E-state index in [2.05, 4.69) is 10.6 Å². The van der Waals surface area contributed by atoms with Gasteiger partial charge in [0, 0.05) is 19.3 Å². The summed E-state index contributed by atoms with van der Waals surface area (Å²) in [5, 5.41) is 15.2. The fourth-order valence-electron chi connectivity index (χ4n) is 3.39. The number of carbonyl (C=O) groups excluding carboxylic acids is 3. The number of nitrogens with one attached hydrogen (secondary N) is 2. The molecule has 0 aromatic heterocycles. The zero-order chi connectivity index (χ0) is 22.5. The van der Waals surface area contributed by atoms with Crippen molar-refractivity contribution in [2.24, 2.45) is 0 Å². The summed E-state index contributed by atoms with van der Waals surface area (Å²) in [6.07, 6.45) is -0.0265. The van der Waals surface area contributed by atoms with Crippen LogP contribution in [0.4, 0.5) is 17.1 Å². The van der Waals surface area contributed by atoms with Gasteiger partial charge in [-0.05, 0) is 37.6 Å². The van der Waals surface area contributed by atoms with Crippen molar-refractivity contribution in [1.29, 1.82) is 0 Å². The van der Waals surface area contributed by atoms with Gasteiger partial charge >= 0.3 is 0 Å². The molecule has 0 saturated carbocycles. The van der Waals surface area contributed by atoms with E-state index in [1.807, 2.05) is 13.0 Å². The lowest BCUT2D eigenvalue weighted by Gasteiger charge is -2.25. The first-order valence-corrected chi connectivity index (χ1v) is 10.3. The Kier molecular flexibility index (Phi) is 7.04. The highest BCUT2D eigenvalue weighted by atomic mass is 16.3. The highest BCUT2D eigenvalue weighted by molar-refractivity contribution is 6.23. The van der Waals surface area contributed by atoms with Crippen LogP contribution in [0.5, 0.6) is 0 Å². The van der Waals surface area contributed by atoms with Crippen LogP contribution in [0.25, 0.3) is 0 Å². The van der Waals surface area contributed by atoms with Crippen molar-refractivity contribution in [1.82, 2.24) is 10.6 Å². The smallest absolute Gasteiger partial charge is 0.264 e. The minimum absolute atomic E-state index is 0.235. The van der Waals surface area contributed by atoms with Crippen molar-refractivity contribution in [2.75, 3.05) is 23.4 Å². The van der Waals surface area contributed by atoms with E-state index in [1.165, 1.54) is 9.80 Å². The number of rotatable bonds is 7. The number of aliphatic hydroxyl groups excluding tert-OH is 1. The van der Waals surface area contributed by atoms with Gasteiger partial charge in [-0.2, -0.15) is 0 Å². The molecule has 3 atom stereocenters. The Bertz CT molecular complexity index is 950. The third-order valence-corrected chi connectivity index (χ3v) is 5.35. The Hall–Kier alpha value is -3.23. The minimum Gasteiger partial charge on any atom is -0.392 e. The van der Waals surface area contributed by atoms with Crippen LogP contribution in [-0.4, -0.2) is 54.6 Å². The Balaban J connectivity index is 1.92. The number of aliphatic hydroxyl groups is 1. The molecule has 0 radical (unpaired) electrons. The van der Waals surface area contributed by atoms with Gasteiger partial charge in [-0.15, -0.1) is 0 Å². The second-order valence-electron chi connectivity index (χ2n) is 7.53. The van der Waals surface area contributed by atoms with Crippen LogP contribution in [0.1, 0.15) is 20.3 Å². The molecule has 164 valence electrons. The van der Waals surface area contributed by atoms with E-state index < -0.39 is 35.9 Å². The average molecular weight is 425 g/mol. The predicted octanol–water partition coefficient (Wildman–Crippen LogP) is 1.56. The van der Waals surface area contributed by atoms with Crippen LogP contribution < -0.4 is 20.4 Å². The maximum Gasteiger partial charge on any atom is 0.264 e. The summed E-state index contributed by atoms with van der Waals surface area (Å²) in [5.41, 5.74) is 1.72. The van der Waals surface area contributed by atoms with Crippen molar-refractivity contribution in [2.45, 2.75) is 38.5 Å². The number of anilines is 3. The van der Waals surface area contributed by atoms with Gasteiger partial charge in [0.2, 0.25) is 5.91 Å². The Morgan fingerprint density at radius 1 is 1.03 bits per heavy atom. The lowest BCUT2D eigenvalue weighted by molar-refractivity contribution is -0.134. The molecule has 3 N–H and O–H groups in total. The van der Waals surface area contributed by atoms with E-state index in [0.29, 0.717) is 23.5 Å². The Morgan fingerprint density at radius 3 is 2.29 bits per heavy atom. The molecule has 8 heteroatoms. The molecular weight excluding hydrogens is 396 g/mol. The zero-order valence-corrected chi connectivity index (χ0v) is 17.9. The topological polar surface area (TPSA) is 102 Å². The van der Waals surface area contributed by atoms with E-state index in [4.69, 9.17) is 0 Å². The molecular formula is C23H28N4O4. The SMILES string of the molecule is CCC(O)CNC(C)C(=O)NC1C(=O)N(C)c2ccccc2N(c2ccccc2)C1=O. The lowest BCUT2D eigenvalue weighted by atomic mass is 10.1. The standard InChI is InChI=1S/C23H28N4O4/c1-4-17(28)14-24-15(2)21(29)25-20-22(30)26(3)18-12-8-9-13-19(18)27(23(20)31)16-10-6-5-7-11-16/h5-13,15,17,20,24,28H,4,14H2,1-3H3,(H,25,29). The monoisotopic (exact) mass is 424 g/mol. The highest BCUT2D eigenvalue weighted by Crippen LogP contribution is 2.37. The van der Waals surface area contributed by atoms with Gasteiger partial charge in [-0.25, -0.2) is 0 Å². The number of hydrogen-bond acceptors (Lipinski definition) is 5. The number of para-hydroxylation sites is 3. The maximum absolute atomic E-state index is 13.5. The number of carbonyl (C=O) groups is 3. The number of benzene rings is 2. The van der Waals surface area contributed by atoms with E-state index in [1.54, 1.807) is 62.5 Å². The van der Waals surface area contributed by atoms with E-state index in [-0.39, 0.29) is 6.54 Å². The molecule has 3 rings (SSSR count). The first kappa shape index (κ1) is 22.5. The van der Waals surface area contributed by atoms with Crippen molar-refractivity contribution in [3.05, 3.63) is 54.6 Å². The number of hydrogen-bond donors (Lipinski definition) is 3. The Labute approximate surface area is 181 Å². The van der Waals surface area contributed by atoms with Gasteiger partial charge in [0.05, 0.1) is 23.5 Å². The summed E-state index contributed by atoms with van der Waals surface area (Å²) in [5.74, 6) is -1.56. The van der Waals surface area contributed by atoms with Crippen molar-refractivity contribution in [3.8, 4) is 0 Å². The van der Waals surface area contributed by atoms with Crippen molar-refractivity contribution in [3.63, 3.8) is 0 Å². The minimum atomic E-state index is -1.38. The average Bonchev–Trinajstić information content (AvgIpc) is 2.87. The van der Waals surface area contributed by atoms with Crippen LogP contribution >= 0.6 is 0 Å². The molecule has 8 nitrogen and oxygen atoms in total. The van der Waals surface area contributed by atoms with E-state index in [0.717, 1.165) is 0 Å². The predicted molar refractivity (Wildman–Crippen MR) is 119 cm³/mol. The number of fused-ring (bicyclic) bond motifs is 1. The summed E-state index contributed by atoms with van der Waals surface area (Å²) in [4.78, 5) is 42.3. The Morgan fingerprint density at radius 2 is 1.65 bits per heavy atom. The lowest BCUT2D eigenvalue weighted by Crippen LogP contribution is -2.57. The van der Waals surface area contributed by atoms with Gasteiger partial charge in [0.25, 0.3) is 11.8 Å². The fraction of sp³-hybridized carbons (Fsp3) is 0.348. The molecule has 1 aliphatic heterocycles. The summed E-state index contributed by atoms with van der Waals surface area (Å²) in [6, 6.07) is 14.0. The number of amides is 3. The summed E-state index contributed by atoms with van der Waals surface area (Å²) >= 11 is 0. The van der Waals surface area contributed by atoms with Gasteiger partial charge in [-0.3, -0.25) is 19.3 Å². The third-order valence-electron chi connectivity index (χ3n) is 5.35. The van der Waals surface area contributed by atoms with Crippen LogP contribution in [0, 0.1) is 0 Å². The maximum atomic E-state index is 13.5. The van der Waals surface area contributed by atoms with E-state index in [9.17, 15) is 19.5 Å². The van der Waals surface area contributed by atoms with Gasteiger partial charge in [0.1, 0.15) is 0 Å². The molecule has 1 aliphatic rings. The second-order valence-corrected chi connectivity index (χ2v) is 7.53. The largest absolute Gasteiger partial charge is 0.392 e. The van der Waals surface area contributed by atoms with Crippen LogP contribution in [0.15, 0.2) is 54.6 Å². The molecule has 0 fully saturated rings. The van der Waals surface area contributed by atoms with Crippen LogP contribution in [0.3, 0.4) is 0 Å². The number of nitrogens with zero attached hydrogens (tertiary/aromatic N) is 2. The molecule has 0 aliphatic carbocycles. The first-order valence-electron chi connectivity index (χ1n) is 10.3. The molecule has 0 bridgehead atoms. The molecule has 31 heavy (non-hydrogen) atoms. The highest BCUT2D eigenvalue weighted by Gasteiger charge is 2.41. The molecule has 0 spiro atoms. The molecule has 3 unspecified atom stereocenters. The molecule has 2 aromatic rings. The summed E-state index contributed by atoms with van der Waals surface area (Å²) < 4.78 is 0. The van der Waals surface area contributed by atoms with Crippen LogP contribution in [-0.2, 0) is 14.4 Å². The summed E-state index contributed by atoms with van der Waals surface area (Å²) in [7, 11) is 1.58. The fourth-order valence-corrected chi connectivity index (χ4v) is 3.39. The van der Waals surface area contributed by atoms with Gasteiger partial charge in [0.15, 0.2) is 6.04 Å². The van der Waals surface area contributed by atoms with Crippen LogP contribution in [0.2, 0.25) is 0 Å². The normalized spacial score (nSPS) is 18.3. The molecule has 3 amide bonds. The second kappa shape index (κ2) is 9.72.